The number of alkyl halides is 2. The van der Waals surface area contributed by atoms with E-state index >= 15 is 0 Å². The molecule has 4 rings (SSSR count). The molecule has 3 aromatic carbocycles. The van der Waals surface area contributed by atoms with Crippen LogP contribution in [0, 0.1) is 0 Å². The zero-order valence-electron chi connectivity index (χ0n) is 13.0. The van der Waals surface area contributed by atoms with Gasteiger partial charge in [-0.3, -0.25) is 0 Å². The first-order chi connectivity index (χ1) is 12.2. The van der Waals surface area contributed by atoms with E-state index in [0.29, 0.717) is 5.56 Å². The average Bonchev–Trinajstić information content (AvgIpc) is 3.03. The topological polar surface area (TPSA) is 39.4 Å². The Morgan fingerprint density at radius 2 is 1.80 bits per heavy atom. The molecule has 6 heteroatoms. The molecule has 0 aliphatic heterocycles. The fourth-order valence-corrected chi connectivity index (χ4v) is 2.77. The Bertz CT molecular complexity index is 1070. The van der Waals surface area contributed by atoms with E-state index in [9.17, 15) is 8.78 Å². The number of para-hydroxylation sites is 2. The van der Waals surface area contributed by atoms with Crippen molar-refractivity contribution in [3.05, 3.63) is 72.6 Å². The number of fused-ring (bicyclic) bond motifs is 2. The van der Waals surface area contributed by atoms with Gasteiger partial charge in [-0.2, -0.15) is 13.9 Å². The first kappa shape index (κ1) is 15.3. The van der Waals surface area contributed by atoms with E-state index in [1.54, 1.807) is 17.1 Å². The van der Waals surface area contributed by atoms with Crippen molar-refractivity contribution in [2.45, 2.75) is 6.61 Å². The van der Waals surface area contributed by atoms with Gasteiger partial charge in [0.2, 0.25) is 0 Å². The van der Waals surface area contributed by atoms with Crippen LogP contribution in [-0.2, 0) is 0 Å². The molecule has 0 fully saturated rings. The molecule has 0 saturated heterocycles. The van der Waals surface area contributed by atoms with Crippen LogP contribution in [-0.4, -0.2) is 22.5 Å². The number of nitrogens with zero attached hydrogens (tertiary/aromatic N) is 3. The monoisotopic (exact) mass is 337 g/mol. The maximum absolute atomic E-state index is 12.7. The third-order valence-corrected chi connectivity index (χ3v) is 3.89. The highest BCUT2D eigenvalue weighted by Gasteiger charge is 2.12. The van der Waals surface area contributed by atoms with Gasteiger partial charge in [0.1, 0.15) is 12.1 Å². The van der Waals surface area contributed by atoms with Crippen molar-refractivity contribution in [1.82, 2.24) is 9.66 Å². The zero-order valence-corrected chi connectivity index (χ0v) is 13.0. The highest BCUT2D eigenvalue weighted by Crippen LogP contribution is 2.28. The zero-order chi connectivity index (χ0) is 17.2. The molecular formula is C19H13F2N3O. The van der Waals surface area contributed by atoms with Gasteiger partial charge in [0, 0.05) is 5.56 Å². The second-order valence-corrected chi connectivity index (χ2v) is 5.40. The van der Waals surface area contributed by atoms with Crippen LogP contribution in [0.4, 0.5) is 8.78 Å². The summed E-state index contributed by atoms with van der Waals surface area (Å²) in [7, 11) is 0. The SMILES string of the molecule is FC(F)Oc1ccc2ccccc2c1/C=N\n1cnc2ccccc21. The van der Waals surface area contributed by atoms with Gasteiger partial charge >= 0.3 is 6.61 Å². The summed E-state index contributed by atoms with van der Waals surface area (Å²) in [6.45, 7) is -2.90. The number of benzene rings is 3. The number of halogens is 2. The molecule has 0 aliphatic rings. The van der Waals surface area contributed by atoms with Crippen molar-refractivity contribution in [1.29, 1.82) is 0 Å². The predicted octanol–water partition coefficient (Wildman–Crippen LogP) is 4.67. The van der Waals surface area contributed by atoms with Gasteiger partial charge in [0.05, 0.1) is 17.2 Å². The molecule has 0 radical (unpaired) electrons. The summed E-state index contributed by atoms with van der Waals surface area (Å²) in [6, 6.07) is 18.3. The van der Waals surface area contributed by atoms with Crippen LogP contribution >= 0.6 is 0 Å². The highest BCUT2D eigenvalue weighted by atomic mass is 19.3. The van der Waals surface area contributed by atoms with Crippen LogP contribution in [0.15, 0.2) is 72.1 Å². The Labute approximate surface area is 142 Å². The lowest BCUT2D eigenvalue weighted by Crippen LogP contribution is -2.05. The highest BCUT2D eigenvalue weighted by molar-refractivity contribution is 6.02. The fourth-order valence-electron chi connectivity index (χ4n) is 2.77. The Morgan fingerprint density at radius 1 is 1.00 bits per heavy atom. The molecular weight excluding hydrogens is 324 g/mol. The predicted molar refractivity (Wildman–Crippen MR) is 93.3 cm³/mol. The molecule has 0 unspecified atom stereocenters. The normalized spacial score (nSPS) is 11.8. The van der Waals surface area contributed by atoms with Gasteiger partial charge in [-0.25, -0.2) is 9.66 Å². The van der Waals surface area contributed by atoms with Crippen molar-refractivity contribution in [2.75, 3.05) is 0 Å². The van der Waals surface area contributed by atoms with E-state index in [2.05, 4.69) is 14.8 Å². The summed E-state index contributed by atoms with van der Waals surface area (Å²) in [5, 5.41) is 6.09. The summed E-state index contributed by atoms with van der Waals surface area (Å²) in [4.78, 5) is 4.26. The van der Waals surface area contributed by atoms with Crippen molar-refractivity contribution in [3.8, 4) is 5.75 Å². The molecule has 0 aliphatic carbocycles. The van der Waals surface area contributed by atoms with Crippen LogP contribution in [0.5, 0.6) is 5.75 Å². The molecule has 0 bridgehead atoms. The largest absolute Gasteiger partial charge is 0.434 e. The summed E-state index contributed by atoms with van der Waals surface area (Å²) in [5.74, 6) is 0.0851. The van der Waals surface area contributed by atoms with Gasteiger partial charge in [0.25, 0.3) is 0 Å². The third kappa shape index (κ3) is 2.94. The standard InChI is InChI=1S/C19H13F2N3O/c20-19(21)25-18-10-9-13-5-1-2-6-14(13)15(18)11-23-24-12-22-16-7-3-4-8-17(16)24/h1-12,19H/b23-11-. The maximum Gasteiger partial charge on any atom is 0.387 e. The molecule has 25 heavy (non-hydrogen) atoms. The van der Waals surface area contributed by atoms with Crippen LogP contribution in [0.3, 0.4) is 0 Å². The molecule has 4 nitrogen and oxygen atoms in total. The van der Waals surface area contributed by atoms with E-state index in [0.717, 1.165) is 21.8 Å². The molecule has 0 amide bonds. The summed E-state index contributed by atoms with van der Waals surface area (Å²) >= 11 is 0. The quantitative estimate of drug-likeness (QED) is 0.508. The lowest BCUT2D eigenvalue weighted by atomic mass is 10.0. The van der Waals surface area contributed by atoms with Gasteiger partial charge in [-0.05, 0) is 29.0 Å². The van der Waals surface area contributed by atoms with Crippen LogP contribution < -0.4 is 4.74 Å². The minimum atomic E-state index is -2.90. The summed E-state index contributed by atoms with van der Waals surface area (Å²) in [6.07, 6.45) is 3.11. The van der Waals surface area contributed by atoms with E-state index in [1.807, 2.05) is 48.5 Å². The molecule has 1 aromatic heterocycles. The average molecular weight is 337 g/mol. The molecule has 0 spiro atoms. The smallest absolute Gasteiger partial charge is 0.387 e. The lowest BCUT2D eigenvalue weighted by Gasteiger charge is -2.10. The number of imidazole rings is 1. The van der Waals surface area contributed by atoms with Crippen molar-refractivity contribution in [2.24, 2.45) is 5.10 Å². The van der Waals surface area contributed by atoms with Crippen LogP contribution in [0.1, 0.15) is 5.56 Å². The van der Waals surface area contributed by atoms with Crippen LogP contribution in [0.25, 0.3) is 21.8 Å². The fraction of sp³-hybridized carbons (Fsp3) is 0.0526. The minimum Gasteiger partial charge on any atom is -0.434 e. The molecule has 1 heterocycles. The molecule has 0 atom stereocenters. The van der Waals surface area contributed by atoms with Crippen molar-refractivity contribution >= 4 is 28.0 Å². The molecule has 124 valence electrons. The number of aromatic nitrogens is 2. The van der Waals surface area contributed by atoms with Gasteiger partial charge in [0.15, 0.2) is 0 Å². The number of hydrogen-bond acceptors (Lipinski definition) is 3. The lowest BCUT2D eigenvalue weighted by molar-refractivity contribution is -0.0498. The molecule has 0 saturated carbocycles. The van der Waals surface area contributed by atoms with Gasteiger partial charge in [-0.1, -0.05) is 42.5 Å². The summed E-state index contributed by atoms with van der Waals surface area (Å²) < 4.78 is 31.7. The molecule has 0 N–H and O–H groups in total. The molecule has 4 aromatic rings. The Kier molecular flexibility index (Phi) is 3.85. The maximum atomic E-state index is 12.7. The Hall–Kier alpha value is -3.28. The number of ether oxygens (including phenoxy) is 1. The number of rotatable bonds is 4. The van der Waals surface area contributed by atoms with E-state index < -0.39 is 6.61 Å². The van der Waals surface area contributed by atoms with Crippen molar-refractivity contribution < 1.29 is 13.5 Å². The second kappa shape index (κ2) is 6.32. The van der Waals surface area contributed by atoms with Crippen molar-refractivity contribution in [3.63, 3.8) is 0 Å². The van der Waals surface area contributed by atoms with Crippen LogP contribution in [0.2, 0.25) is 0 Å². The Balaban J connectivity index is 1.84. The van der Waals surface area contributed by atoms with E-state index in [-0.39, 0.29) is 5.75 Å². The Morgan fingerprint density at radius 3 is 2.68 bits per heavy atom. The number of hydrogen-bond donors (Lipinski definition) is 0. The van der Waals surface area contributed by atoms with Gasteiger partial charge in [-0.15, -0.1) is 0 Å². The minimum absolute atomic E-state index is 0.0851. The second-order valence-electron chi connectivity index (χ2n) is 5.40. The first-order valence-electron chi connectivity index (χ1n) is 7.65. The van der Waals surface area contributed by atoms with E-state index in [1.165, 1.54) is 12.3 Å². The third-order valence-electron chi connectivity index (χ3n) is 3.89. The first-order valence-corrected chi connectivity index (χ1v) is 7.65. The van der Waals surface area contributed by atoms with E-state index in [4.69, 9.17) is 0 Å². The van der Waals surface area contributed by atoms with Gasteiger partial charge < -0.3 is 4.74 Å². The summed E-state index contributed by atoms with van der Waals surface area (Å²) in [5.41, 5.74) is 2.13.